The van der Waals surface area contributed by atoms with Crippen LogP contribution in [-0.2, 0) is 0 Å². The van der Waals surface area contributed by atoms with Crippen LogP contribution in [0.2, 0.25) is 5.02 Å². The molecule has 0 aliphatic rings. The Morgan fingerprint density at radius 1 is 1.62 bits per heavy atom. The Morgan fingerprint density at radius 3 is 2.94 bits per heavy atom. The van der Waals surface area contributed by atoms with Crippen LogP contribution in [0.5, 0.6) is 0 Å². The summed E-state index contributed by atoms with van der Waals surface area (Å²) in [6.45, 7) is 2.26. The molecular formula is C11H14ClFN2O. The number of rotatable bonds is 4. The fraction of sp³-hybridized carbons (Fsp3) is 0.364. The van der Waals surface area contributed by atoms with Crippen molar-refractivity contribution in [3.05, 3.63) is 34.6 Å². The quantitative estimate of drug-likeness (QED) is 0.851. The molecule has 3 N–H and O–H groups in total. The first-order valence-corrected chi connectivity index (χ1v) is 5.37. The van der Waals surface area contributed by atoms with Crippen molar-refractivity contribution in [2.45, 2.75) is 19.4 Å². The largest absolute Gasteiger partial charge is 0.352 e. The molecule has 1 unspecified atom stereocenters. The highest BCUT2D eigenvalue weighted by Crippen LogP contribution is 2.14. The van der Waals surface area contributed by atoms with Crippen molar-refractivity contribution in [1.29, 1.82) is 0 Å². The average Bonchev–Trinajstić information content (AvgIpc) is 2.21. The lowest BCUT2D eigenvalue weighted by molar-refractivity contribution is 0.0949. The Labute approximate surface area is 98.8 Å². The van der Waals surface area contributed by atoms with Gasteiger partial charge in [-0.3, -0.25) is 4.79 Å². The van der Waals surface area contributed by atoms with E-state index < -0.39 is 11.7 Å². The van der Waals surface area contributed by atoms with Crippen molar-refractivity contribution in [2.75, 3.05) is 6.54 Å². The van der Waals surface area contributed by atoms with Crippen molar-refractivity contribution in [2.24, 2.45) is 5.73 Å². The van der Waals surface area contributed by atoms with Crippen LogP contribution in [-0.4, -0.2) is 18.5 Å². The van der Waals surface area contributed by atoms with Crippen LogP contribution in [0, 0.1) is 5.82 Å². The van der Waals surface area contributed by atoms with Gasteiger partial charge in [-0.05, 0) is 31.5 Å². The molecule has 16 heavy (non-hydrogen) atoms. The first-order chi connectivity index (χ1) is 7.50. The van der Waals surface area contributed by atoms with Crippen LogP contribution in [0.3, 0.4) is 0 Å². The number of halogens is 2. The fourth-order valence-corrected chi connectivity index (χ4v) is 1.35. The zero-order valence-corrected chi connectivity index (χ0v) is 9.72. The molecule has 0 saturated heterocycles. The minimum atomic E-state index is -0.581. The van der Waals surface area contributed by atoms with Gasteiger partial charge >= 0.3 is 0 Å². The minimum absolute atomic E-state index is 0.00417. The zero-order chi connectivity index (χ0) is 12.1. The van der Waals surface area contributed by atoms with E-state index in [1.54, 1.807) is 0 Å². The summed E-state index contributed by atoms with van der Waals surface area (Å²) in [4.78, 5) is 11.5. The van der Waals surface area contributed by atoms with Crippen LogP contribution in [0.1, 0.15) is 23.7 Å². The highest BCUT2D eigenvalue weighted by molar-refractivity contribution is 6.30. The predicted octanol–water partition coefficient (Wildman–Crippen LogP) is 1.95. The number of hydrogen-bond donors (Lipinski definition) is 2. The second kappa shape index (κ2) is 5.82. The van der Waals surface area contributed by atoms with E-state index in [0.717, 1.165) is 0 Å². The second-order valence-electron chi connectivity index (χ2n) is 3.65. The van der Waals surface area contributed by atoms with Gasteiger partial charge in [0, 0.05) is 17.6 Å². The van der Waals surface area contributed by atoms with Crippen molar-refractivity contribution >= 4 is 17.5 Å². The molecule has 3 nitrogen and oxygen atoms in total. The van der Waals surface area contributed by atoms with Crippen LogP contribution >= 0.6 is 11.6 Å². The third-order valence-electron chi connectivity index (χ3n) is 2.06. The molecular weight excluding hydrogens is 231 g/mol. The molecule has 0 bridgehead atoms. The van der Waals surface area contributed by atoms with Gasteiger partial charge in [0.2, 0.25) is 0 Å². The van der Waals surface area contributed by atoms with Gasteiger partial charge in [0.25, 0.3) is 5.91 Å². The fourth-order valence-electron chi connectivity index (χ4n) is 1.18. The summed E-state index contributed by atoms with van der Waals surface area (Å²) in [6.07, 6.45) is 0.647. The van der Waals surface area contributed by atoms with Gasteiger partial charge in [0.1, 0.15) is 5.82 Å². The number of hydrogen-bond acceptors (Lipinski definition) is 2. The Kier molecular flexibility index (Phi) is 4.71. The average molecular weight is 245 g/mol. The normalized spacial score (nSPS) is 12.2. The third kappa shape index (κ3) is 3.79. The lowest BCUT2D eigenvalue weighted by atomic mass is 10.2. The summed E-state index contributed by atoms with van der Waals surface area (Å²) in [5.41, 5.74) is 5.48. The van der Waals surface area contributed by atoms with Gasteiger partial charge in [-0.15, -0.1) is 0 Å². The number of carbonyl (C=O) groups excluding carboxylic acids is 1. The molecule has 1 aromatic rings. The summed E-state index contributed by atoms with van der Waals surface area (Å²) < 4.78 is 13.3. The summed E-state index contributed by atoms with van der Waals surface area (Å²) in [6, 6.07) is 3.88. The van der Waals surface area contributed by atoms with Crippen molar-refractivity contribution in [1.82, 2.24) is 5.32 Å². The van der Waals surface area contributed by atoms with Crippen molar-refractivity contribution in [3.63, 3.8) is 0 Å². The summed E-state index contributed by atoms with van der Waals surface area (Å²) in [5.74, 6) is -1.05. The van der Waals surface area contributed by atoms with Crippen LogP contribution in [0.15, 0.2) is 18.2 Å². The minimum Gasteiger partial charge on any atom is -0.352 e. The van der Waals surface area contributed by atoms with Gasteiger partial charge in [-0.2, -0.15) is 0 Å². The Bertz CT molecular complexity index is 382. The van der Waals surface area contributed by atoms with Gasteiger partial charge in [0.15, 0.2) is 0 Å². The molecule has 5 heteroatoms. The molecule has 1 rings (SSSR count). The Morgan fingerprint density at radius 2 is 2.31 bits per heavy atom. The second-order valence-corrected chi connectivity index (χ2v) is 4.08. The molecule has 1 amide bonds. The smallest absolute Gasteiger partial charge is 0.254 e. The first-order valence-electron chi connectivity index (χ1n) is 4.99. The topological polar surface area (TPSA) is 55.1 Å². The van der Waals surface area contributed by atoms with E-state index in [9.17, 15) is 9.18 Å². The highest BCUT2D eigenvalue weighted by Gasteiger charge is 2.11. The molecule has 0 aliphatic heterocycles. The van der Waals surface area contributed by atoms with Crippen LogP contribution < -0.4 is 11.1 Å². The maximum Gasteiger partial charge on any atom is 0.254 e. The molecule has 0 heterocycles. The molecule has 0 aromatic heterocycles. The van der Waals surface area contributed by atoms with Crippen molar-refractivity contribution in [3.8, 4) is 0 Å². The molecule has 0 aliphatic carbocycles. The van der Waals surface area contributed by atoms with Crippen LogP contribution in [0.25, 0.3) is 0 Å². The SMILES string of the molecule is CC(N)CCNC(=O)c1cc(Cl)ccc1F. The lowest BCUT2D eigenvalue weighted by Gasteiger charge is -2.08. The summed E-state index contributed by atoms with van der Waals surface area (Å²) in [5, 5.41) is 2.91. The van der Waals surface area contributed by atoms with E-state index in [1.165, 1.54) is 18.2 Å². The standard InChI is InChI=1S/C11H14ClFN2O/c1-7(14)4-5-15-11(16)9-6-8(12)2-3-10(9)13/h2-3,6-7H,4-5,14H2,1H3,(H,15,16). The first kappa shape index (κ1) is 12.9. The zero-order valence-electron chi connectivity index (χ0n) is 8.97. The summed E-state index contributed by atoms with van der Waals surface area (Å²) >= 11 is 5.68. The monoisotopic (exact) mass is 244 g/mol. The number of nitrogens with one attached hydrogen (secondary N) is 1. The van der Waals surface area contributed by atoms with Crippen LogP contribution in [0.4, 0.5) is 4.39 Å². The number of benzene rings is 1. The Hall–Kier alpha value is -1.13. The molecule has 0 spiro atoms. The molecule has 0 saturated carbocycles. The number of amides is 1. The van der Waals surface area contributed by atoms with Gasteiger partial charge in [-0.25, -0.2) is 4.39 Å². The Balaban J connectivity index is 2.62. The molecule has 0 radical (unpaired) electrons. The van der Waals surface area contributed by atoms with E-state index in [0.29, 0.717) is 18.0 Å². The molecule has 1 aromatic carbocycles. The van der Waals surface area contributed by atoms with Gasteiger partial charge in [0.05, 0.1) is 5.56 Å². The number of nitrogens with two attached hydrogens (primary N) is 1. The third-order valence-corrected chi connectivity index (χ3v) is 2.29. The van der Waals surface area contributed by atoms with Crippen molar-refractivity contribution < 1.29 is 9.18 Å². The van der Waals surface area contributed by atoms with E-state index in [1.807, 2.05) is 6.92 Å². The van der Waals surface area contributed by atoms with Gasteiger partial charge in [-0.1, -0.05) is 11.6 Å². The molecule has 1 atom stereocenters. The number of carbonyl (C=O) groups is 1. The van der Waals surface area contributed by atoms with E-state index in [4.69, 9.17) is 17.3 Å². The predicted molar refractivity (Wildman–Crippen MR) is 62.0 cm³/mol. The summed E-state index contributed by atoms with van der Waals surface area (Å²) in [7, 11) is 0. The van der Waals surface area contributed by atoms with Gasteiger partial charge < -0.3 is 11.1 Å². The molecule has 0 fully saturated rings. The van der Waals surface area contributed by atoms with E-state index in [2.05, 4.69) is 5.32 Å². The maximum absolute atomic E-state index is 13.3. The lowest BCUT2D eigenvalue weighted by Crippen LogP contribution is -2.29. The molecule has 88 valence electrons. The highest BCUT2D eigenvalue weighted by atomic mass is 35.5. The maximum atomic E-state index is 13.3. The van der Waals surface area contributed by atoms with E-state index >= 15 is 0 Å². The van der Waals surface area contributed by atoms with E-state index in [-0.39, 0.29) is 11.6 Å².